The molecule has 1 fully saturated rings. The van der Waals surface area contributed by atoms with Crippen molar-refractivity contribution in [2.45, 2.75) is 13.3 Å². The first-order valence-corrected chi connectivity index (χ1v) is 9.06. The summed E-state index contributed by atoms with van der Waals surface area (Å²) in [6, 6.07) is 18.2. The van der Waals surface area contributed by atoms with E-state index >= 15 is 0 Å². The van der Waals surface area contributed by atoms with E-state index < -0.39 is 0 Å². The smallest absolute Gasteiger partial charge is 0.321 e. The van der Waals surface area contributed by atoms with Crippen LogP contribution in [0.5, 0.6) is 0 Å². The summed E-state index contributed by atoms with van der Waals surface area (Å²) >= 11 is 0. The van der Waals surface area contributed by atoms with Crippen molar-refractivity contribution in [1.82, 2.24) is 9.80 Å². The molecule has 4 nitrogen and oxygen atoms in total. The highest BCUT2D eigenvalue weighted by atomic mass is 16.2. The van der Waals surface area contributed by atoms with Crippen LogP contribution >= 0.6 is 0 Å². The van der Waals surface area contributed by atoms with Gasteiger partial charge < -0.3 is 15.1 Å². The number of carbonyl (C=O) groups is 1. The van der Waals surface area contributed by atoms with Crippen LogP contribution in [0, 0.1) is 5.92 Å². The summed E-state index contributed by atoms with van der Waals surface area (Å²) in [6.07, 6.45) is 1.08. The molecule has 0 spiro atoms. The third-order valence-corrected chi connectivity index (χ3v) is 4.94. The van der Waals surface area contributed by atoms with E-state index in [9.17, 15) is 4.79 Å². The molecule has 1 saturated heterocycles. The fourth-order valence-electron chi connectivity index (χ4n) is 3.39. The molecule has 0 aliphatic carbocycles. The van der Waals surface area contributed by atoms with Crippen LogP contribution in [0.1, 0.15) is 13.3 Å². The first-order chi connectivity index (χ1) is 12.2. The van der Waals surface area contributed by atoms with Crippen molar-refractivity contribution in [3.63, 3.8) is 0 Å². The zero-order chi connectivity index (χ0) is 17.6. The second kappa shape index (κ2) is 8.17. The van der Waals surface area contributed by atoms with Crippen LogP contribution in [-0.2, 0) is 0 Å². The molecule has 0 radical (unpaired) electrons. The average molecular weight is 337 g/mol. The molecule has 1 unspecified atom stereocenters. The number of carbonyl (C=O) groups excluding carboxylic acids is 1. The van der Waals surface area contributed by atoms with E-state index in [0.29, 0.717) is 5.92 Å². The number of urea groups is 1. The SMILES string of the molecule is CCN(C)CC1CCN(C(=O)Nc2ccccc2-c2ccccc2)C1. The lowest BCUT2D eigenvalue weighted by atomic mass is 10.0. The van der Waals surface area contributed by atoms with Crippen LogP contribution in [0.3, 0.4) is 0 Å². The Labute approximate surface area is 150 Å². The summed E-state index contributed by atoms with van der Waals surface area (Å²) in [7, 11) is 2.14. The van der Waals surface area contributed by atoms with Gasteiger partial charge in [0.1, 0.15) is 0 Å². The van der Waals surface area contributed by atoms with Crippen molar-refractivity contribution in [2.24, 2.45) is 5.92 Å². The van der Waals surface area contributed by atoms with Crippen LogP contribution < -0.4 is 5.32 Å². The molecule has 2 aromatic carbocycles. The second-order valence-corrected chi connectivity index (χ2v) is 6.80. The molecule has 25 heavy (non-hydrogen) atoms. The third-order valence-electron chi connectivity index (χ3n) is 4.94. The van der Waals surface area contributed by atoms with E-state index in [0.717, 1.165) is 49.4 Å². The Bertz CT molecular complexity index is 701. The second-order valence-electron chi connectivity index (χ2n) is 6.80. The molecule has 1 atom stereocenters. The molecule has 0 saturated carbocycles. The Hall–Kier alpha value is -2.33. The predicted molar refractivity (Wildman–Crippen MR) is 104 cm³/mol. The first kappa shape index (κ1) is 17.5. The lowest BCUT2D eigenvalue weighted by molar-refractivity contribution is 0.218. The molecule has 2 aromatic rings. The number of hydrogen-bond donors (Lipinski definition) is 1. The Morgan fingerprint density at radius 1 is 1.16 bits per heavy atom. The van der Waals surface area contributed by atoms with Crippen molar-refractivity contribution in [2.75, 3.05) is 38.5 Å². The number of hydrogen-bond acceptors (Lipinski definition) is 2. The number of amides is 2. The van der Waals surface area contributed by atoms with Gasteiger partial charge in [-0.3, -0.25) is 0 Å². The van der Waals surface area contributed by atoms with Gasteiger partial charge in [-0.25, -0.2) is 4.79 Å². The van der Waals surface area contributed by atoms with Gasteiger partial charge in [0, 0.05) is 25.2 Å². The number of rotatable bonds is 5. The monoisotopic (exact) mass is 337 g/mol. The van der Waals surface area contributed by atoms with E-state index in [2.05, 4.69) is 36.3 Å². The van der Waals surface area contributed by atoms with E-state index in [1.54, 1.807) is 0 Å². The van der Waals surface area contributed by atoms with Crippen molar-refractivity contribution < 1.29 is 4.79 Å². The number of para-hydroxylation sites is 1. The summed E-state index contributed by atoms with van der Waals surface area (Å²) in [5.74, 6) is 0.570. The molecular formula is C21H27N3O. The van der Waals surface area contributed by atoms with Gasteiger partial charge in [-0.05, 0) is 37.6 Å². The van der Waals surface area contributed by atoms with Crippen molar-refractivity contribution in [1.29, 1.82) is 0 Å². The molecule has 132 valence electrons. The van der Waals surface area contributed by atoms with E-state index in [1.165, 1.54) is 0 Å². The van der Waals surface area contributed by atoms with Crippen LogP contribution in [0.2, 0.25) is 0 Å². The molecule has 1 aliphatic rings. The van der Waals surface area contributed by atoms with Gasteiger partial charge in [0.05, 0.1) is 5.69 Å². The molecule has 0 bridgehead atoms. The fourth-order valence-corrected chi connectivity index (χ4v) is 3.39. The molecule has 0 aromatic heterocycles. The lowest BCUT2D eigenvalue weighted by Gasteiger charge is -2.21. The van der Waals surface area contributed by atoms with Gasteiger partial charge >= 0.3 is 6.03 Å². The Kier molecular flexibility index (Phi) is 5.71. The predicted octanol–water partition coefficient (Wildman–Crippen LogP) is 4.16. The fraction of sp³-hybridized carbons (Fsp3) is 0.381. The topological polar surface area (TPSA) is 35.6 Å². The standard InChI is InChI=1S/C21H27N3O/c1-3-23(2)15-17-13-14-24(16-17)21(25)22-20-12-8-7-11-19(20)18-9-5-4-6-10-18/h4-12,17H,3,13-16H2,1-2H3,(H,22,25). The van der Waals surface area contributed by atoms with Gasteiger partial charge in [-0.1, -0.05) is 55.5 Å². The average Bonchev–Trinajstić information content (AvgIpc) is 3.11. The van der Waals surface area contributed by atoms with Crippen molar-refractivity contribution >= 4 is 11.7 Å². The molecule has 1 heterocycles. The molecule has 2 amide bonds. The minimum Gasteiger partial charge on any atom is -0.324 e. The van der Waals surface area contributed by atoms with Gasteiger partial charge in [0.25, 0.3) is 0 Å². The highest BCUT2D eigenvalue weighted by Crippen LogP contribution is 2.28. The van der Waals surface area contributed by atoms with E-state index in [4.69, 9.17) is 0 Å². The zero-order valence-corrected chi connectivity index (χ0v) is 15.1. The Balaban J connectivity index is 1.66. The van der Waals surface area contributed by atoms with Crippen molar-refractivity contribution in [3.05, 3.63) is 54.6 Å². The maximum Gasteiger partial charge on any atom is 0.321 e. The first-order valence-electron chi connectivity index (χ1n) is 9.06. The minimum atomic E-state index is 0.00466. The van der Waals surface area contributed by atoms with Gasteiger partial charge in [0.15, 0.2) is 0 Å². The summed E-state index contributed by atoms with van der Waals surface area (Å²) in [4.78, 5) is 17.0. The minimum absolute atomic E-state index is 0.00466. The van der Waals surface area contributed by atoms with Crippen LogP contribution in [0.15, 0.2) is 54.6 Å². The van der Waals surface area contributed by atoms with Crippen molar-refractivity contribution in [3.8, 4) is 11.1 Å². The summed E-state index contributed by atoms with van der Waals surface area (Å²) in [6.45, 7) is 5.94. The lowest BCUT2D eigenvalue weighted by Crippen LogP contribution is -2.34. The molecule has 3 rings (SSSR count). The molecule has 1 N–H and O–H groups in total. The summed E-state index contributed by atoms with van der Waals surface area (Å²) in [5, 5.41) is 3.11. The van der Waals surface area contributed by atoms with Gasteiger partial charge in [-0.15, -0.1) is 0 Å². The van der Waals surface area contributed by atoms with Gasteiger partial charge in [0.2, 0.25) is 0 Å². The number of anilines is 1. The zero-order valence-electron chi connectivity index (χ0n) is 15.1. The van der Waals surface area contributed by atoms with E-state index in [1.807, 2.05) is 47.4 Å². The molecule has 1 aliphatic heterocycles. The molecule has 4 heteroatoms. The Morgan fingerprint density at radius 2 is 1.88 bits per heavy atom. The normalized spacial score (nSPS) is 17.1. The molecular weight excluding hydrogens is 310 g/mol. The summed E-state index contributed by atoms with van der Waals surface area (Å²) < 4.78 is 0. The maximum atomic E-state index is 12.7. The Morgan fingerprint density at radius 3 is 2.64 bits per heavy atom. The largest absolute Gasteiger partial charge is 0.324 e. The maximum absolute atomic E-state index is 12.7. The van der Waals surface area contributed by atoms with E-state index in [-0.39, 0.29) is 6.03 Å². The van der Waals surface area contributed by atoms with Crippen LogP contribution in [-0.4, -0.2) is 49.1 Å². The number of likely N-dealkylation sites (tertiary alicyclic amines) is 1. The highest BCUT2D eigenvalue weighted by Gasteiger charge is 2.27. The highest BCUT2D eigenvalue weighted by molar-refractivity contribution is 5.94. The quantitative estimate of drug-likeness (QED) is 0.889. The van der Waals surface area contributed by atoms with Crippen LogP contribution in [0.25, 0.3) is 11.1 Å². The van der Waals surface area contributed by atoms with Crippen LogP contribution in [0.4, 0.5) is 10.5 Å². The third kappa shape index (κ3) is 4.40. The number of nitrogens with one attached hydrogen (secondary N) is 1. The van der Waals surface area contributed by atoms with Gasteiger partial charge in [-0.2, -0.15) is 0 Å². The number of nitrogens with zero attached hydrogens (tertiary/aromatic N) is 2. The number of benzene rings is 2. The summed E-state index contributed by atoms with van der Waals surface area (Å²) in [5.41, 5.74) is 3.04.